The second kappa shape index (κ2) is 10.7. The molecule has 148 valence electrons. The largest absolute Gasteiger partial charge is 0.493 e. The maximum absolute atomic E-state index is 12.0. The van der Waals surface area contributed by atoms with Crippen LogP contribution in [0.2, 0.25) is 0 Å². The monoisotopic (exact) mass is 384 g/mol. The van der Waals surface area contributed by atoms with Gasteiger partial charge in [-0.25, -0.2) is 5.43 Å². The van der Waals surface area contributed by atoms with Crippen LogP contribution in [-0.4, -0.2) is 43.3 Å². The summed E-state index contributed by atoms with van der Waals surface area (Å²) in [5.41, 5.74) is 4.34. The van der Waals surface area contributed by atoms with Crippen molar-refractivity contribution in [2.75, 3.05) is 20.8 Å². The number of amides is 2. The van der Waals surface area contributed by atoms with Crippen LogP contribution in [0.15, 0.2) is 47.8 Å². The summed E-state index contributed by atoms with van der Waals surface area (Å²) < 4.78 is 10.5. The number of pyridine rings is 1. The number of hydrogen-bond donors (Lipinski definition) is 2. The molecule has 0 atom stereocenters. The molecular formula is C20H24N4O4. The molecule has 0 saturated carbocycles. The third-order valence-electron chi connectivity index (χ3n) is 3.87. The third kappa shape index (κ3) is 6.39. The van der Waals surface area contributed by atoms with Crippen molar-refractivity contribution in [3.8, 4) is 11.5 Å². The standard InChI is InChI=1S/C20H24N4O4/c1-14(23-24-20(26)16-5-4-9-21-13-16)11-19(25)22-10-8-15-6-7-17(27-2)18(12-15)28-3/h4-7,9,12-13H,8,10-11H2,1-3H3,(H,22,25)(H,24,26)/b23-14-. The summed E-state index contributed by atoms with van der Waals surface area (Å²) in [6.07, 6.45) is 3.78. The number of carbonyl (C=O) groups is 2. The Labute approximate surface area is 164 Å². The molecule has 28 heavy (non-hydrogen) atoms. The predicted octanol–water partition coefficient (Wildman–Crippen LogP) is 1.95. The first-order chi connectivity index (χ1) is 13.5. The van der Waals surface area contributed by atoms with Gasteiger partial charge in [-0.15, -0.1) is 0 Å². The fraction of sp³-hybridized carbons (Fsp3) is 0.300. The second-order valence-corrected chi connectivity index (χ2v) is 6.00. The van der Waals surface area contributed by atoms with Crippen LogP contribution in [0.5, 0.6) is 11.5 Å². The van der Waals surface area contributed by atoms with E-state index < -0.39 is 0 Å². The summed E-state index contributed by atoms with van der Waals surface area (Å²) in [5.74, 6) is 0.771. The SMILES string of the molecule is COc1ccc(CCNC(=O)C/C(C)=N\NC(=O)c2cccnc2)cc1OC. The molecule has 8 nitrogen and oxygen atoms in total. The van der Waals surface area contributed by atoms with E-state index in [0.29, 0.717) is 35.7 Å². The van der Waals surface area contributed by atoms with Crippen molar-refractivity contribution in [1.82, 2.24) is 15.7 Å². The number of ether oxygens (including phenoxy) is 2. The van der Waals surface area contributed by atoms with Gasteiger partial charge in [0.1, 0.15) is 0 Å². The van der Waals surface area contributed by atoms with E-state index >= 15 is 0 Å². The van der Waals surface area contributed by atoms with E-state index in [4.69, 9.17) is 9.47 Å². The lowest BCUT2D eigenvalue weighted by Crippen LogP contribution is -2.28. The van der Waals surface area contributed by atoms with Crippen molar-refractivity contribution in [3.63, 3.8) is 0 Å². The van der Waals surface area contributed by atoms with Gasteiger partial charge in [0.2, 0.25) is 5.91 Å². The zero-order valence-electron chi connectivity index (χ0n) is 16.2. The predicted molar refractivity (Wildman–Crippen MR) is 106 cm³/mol. The highest BCUT2D eigenvalue weighted by Crippen LogP contribution is 2.27. The van der Waals surface area contributed by atoms with Crippen molar-refractivity contribution < 1.29 is 19.1 Å². The quantitative estimate of drug-likeness (QED) is 0.508. The minimum atomic E-state index is -0.374. The Morgan fingerprint density at radius 1 is 1.14 bits per heavy atom. The highest BCUT2D eigenvalue weighted by molar-refractivity contribution is 6.01. The number of hydrazone groups is 1. The van der Waals surface area contributed by atoms with Crippen molar-refractivity contribution in [1.29, 1.82) is 0 Å². The van der Waals surface area contributed by atoms with Gasteiger partial charge >= 0.3 is 0 Å². The lowest BCUT2D eigenvalue weighted by molar-refractivity contribution is -0.119. The second-order valence-electron chi connectivity index (χ2n) is 6.00. The lowest BCUT2D eigenvalue weighted by Gasteiger charge is -2.10. The average molecular weight is 384 g/mol. The van der Waals surface area contributed by atoms with Crippen molar-refractivity contribution in [3.05, 3.63) is 53.9 Å². The lowest BCUT2D eigenvalue weighted by atomic mass is 10.1. The van der Waals surface area contributed by atoms with Crippen LogP contribution in [0.1, 0.15) is 29.3 Å². The van der Waals surface area contributed by atoms with Crippen molar-refractivity contribution in [2.24, 2.45) is 5.10 Å². The first kappa shape index (κ1) is 20.9. The fourth-order valence-corrected chi connectivity index (χ4v) is 2.42. The number of nitrogens with one attached hydrogen (secondary N) is 2. The van der Waals surface area contributed by atoms with Crippen LogP contribution in [-0.2, 0) is 11.2 Å². The average Bonchev–Trinajstić information content (AvgIpc) is 2.72. The summed E-state index contributed by atoms with van der Waals surface area (Å²) in [4.78, 5) is 27.8. The molecule has 2 N–H and O–H groups in total. The Kier molecular flexibility index (Phi) is 7.95. The smallest absolute Gasteiger partial charge is 0.272 e. The van der Waals surface area contributed by atoms with Gasteiger partial charge in [0.25, 0.3) is 5.91 Å². The van der Waals surface area contributed by atoms with E-state index in [9.17, 15) is 9.59 Å². The van der Waals surface area contributed by atoms with Gasteiger partial charge in [-0.2, -0.15) is 5.10 Å². The number of nitrogens with zero attached hydrogens (tertiary/aromatic N) is 2. The number of aromatic nitrogens is 1. The van der Waals surface area contributed by atoms with Crippen LogP contribution in [0.4, 0.5) is 0 Å². The van der Waals surface area contributed by atoms with Gasteiger partial charge in [-0.05, 0) is 43.2 Å². The molecule has 1 aromatic carbocycles. The molecule has 1 heterocycles. The molecule has 0 fully saturated rings. The Balaban J connectivity index is 1.76. The third-order valence-corrected chi connectivity index (χ3v) is 3.87. The number of hydrogen-bond acceptors (Lipinski definition) is 6. The molecule has 2 amide bonds. The van der Waals surface area contributed by atoms with Gasteiger partial charge in [-0.1, -0.05) is 6.07 Å². The molecule has 0 bridgehead atoms. The van der Waals surface area contributed by atoms with Gasteiger partial charge in [0, 0.05) is 24.7 Å². The Morgan fingerprint density at radius 2 is 1.93 bits per heavy atom. The van der Waals surface area contributed by atoms with E-state index in [0.717, 1.165) is 5.56 Å². The first-order valence-electron chi connectivity index (χ1n) is 8.74. The number of carbonyl (C=O) groups excluding carboxylic acids is 2. The molecule has 0 aliphatic carbocycles. The Hall–Kier alpha value is -3.42. The first-order valence-corrected chi connectivity index (χ1v) is 8.74. The zero-order chi connectivity index (χ0) is 20.4. The molecular weight excluding hydrogens is 360 g/mol. The molecule has 8 heteroatoms. The van der Waals surface area contributed by atoms with Crippen LogP contribution in [0, 0.1) is 0 Å². The molecule has 0 unspecified atom stereocenters. The summed E-state index contributed by atoms with van der Waals surface area (Å²) in [7, 11) is 3.17. The van der Waals surface area contributed by atoms with Gasteiger partial charge in [-0.3, -0.25) is 14.6 Å². The number of benzene rings is 1. The van der Waals surface area contributed by atoms with Gasteiger partial charge in [0.05, 0.1) is 26.2 Å². The van der Waals surface area contributed by atoms with Crippen LogP contribution in [0.3, 0.4) is 0 Å². The maximum atomic E-state index is 12.0. The molecule has 2 rings (SSSR count). The minimum absolute atomic E-state index is 0.0965. The van der Waals surface area contributed by atoms with E-state index in [-0.39, 0.29) is 18.2 Å². The summed E-state index contributed by atoms with van der Waals surface area (Å²) in [5, 5.41) is 6.78. The van der Waals surface area contributed by atoms with E-state index in [1.54, 1.807) is 39.5 Å². The Bertz CT molecular complexity index is 837. The zero-order valence-corrected chi connectivity index (χ0v) is 16.2. The summed E-state index contributed by atoms with van der Waals surface area (Å²) in [6.45, 7) is 2.15. The normalized spacial score (nSPS) is 10.9. The minimum Gasteiger partial charge on any atom is -0.493 e. The summed E-state index contributed by atoms with van der Waals surface area (Å²) >= 11 is 0. The van der Waals surface area contributed by atoms with Crippen LogP contribution >= 0.6 is 0 Å². The molecule has 0 aliphatic rings. The van der Waals surface area contributed by atoms with Crippen molar-refractivity contribution in [2.45, 2.75) is 19.8 Å². The molecule has 1 aromatic heterocycles. The molecule has 0 spiro atoms. The van der Waals surface area contributed by atoms with Gasteiger partial charge < -0.3 is 14.8 Å². The van der Waals surface area contributed by atoms with E-state index in [1.807, 2.05) is 18.2 Å². The van der Waals surface area contributed by atoms with E-state index in [1.165, 1.54) is 6.20 Å². The summed E-state index contributed by atoms with van der Waals surface area (Å²) in [6, 6.07) is 8.93. The van der Waals surface area contributed by atoms with Crippen LogP contribution in [0.25, 0.3) is 0 Å². The van der Waals surface area contributed by atoms with Gasteiger partial charge in [0.15, 0.2) is 11.5 Å². The van der Waals surface area contributed by atoms with Crippen LogP contribution < -0.4 is 20.2 Å². The highest BCUT2D eigenvalue weighted by atomic mass is 16.5. The van der Waals surface area contributed by atoms with E-state index in [2.05, 4.69) is 20.8 Å². The number of methoxy groups -OCH3 is 2. The fourth-order valence-electron chi connectivity index (χ4n) is 2.42. The topological polar surface area (TPSA) is 102 Å². The molecule has 0 radical (unpaired) electrons. The maximum Gasteiger partial charge on any atom is 0.272 e. The molecule has 2 aromatic rings. The molecule has 0 aliphatic heterocycles. The Morgan fingerprint density at radius 3 is 2.61 bits per heavy atom. The highest BCUT2D eigenvalue weighted by Gasteiger charge is 2.08. The van der Waals surface area contributed by atoms with Crippen molar-refractivity contribution >= 4 is 17.5 Å². The molecule has 0 saturated heterocycles. The number of rotatable bonds is 9.